The van der Waals surface area contributed by atoms with Crippen LogP contribution < -0.4 is 0 Å². The Bertz CT molecular complexity index is 141. The van der Waals surface area contributed by atoms with Gasteiger partial charge in [0.2, 0.25) is 0 Å². The molecular formula is C7H13NO2. The third-order valence-electron chi connectivity index (χ3n) is 1.35. The fourth-order valence-corrected chi connectivity index (χ4v) is 0.584. The van der Waals surface area contributed by atoms with Gasteiger partial charge in [-0.3, -0.25) is 4.79 Å². The molecule has 0 bridgehead atoms. The minimum atomic E-state index is 0.120. The van der Waals surface area contributed by atoms with E-state index in [-0.39, 0.29) is 5.78 Å². The van der Waals surface area contributed by atoms with Gasteiger partial charge in [0.15, 0.2) is 0 Å². The zero-order valence-electron chi connectivity index (χ0n) is 6.42. The number of oxime groups is 1. The van der Waals surface area contributed by atoms with Crippen LogP contribution >= 0.6 is 0 Å². The van der Waals surface area contributed by atoms with Crippen LogP contribution in [0.1, 0.15) is 33.1 Å². The average molecular weight is 143 g/mol. The lowest BCUT2D eigenvalue weighted by atomic mass is 10.1. The van der Waals surface area contributed by atoms with Crippen molar-refractivity contribution >= 4 is 11.5 Å². The van der Waals surface area contributed by atoms with Crippen LogP contribution in [0.15, 0.2) is 5.16 Å². The molecule has 0 fully saturated rings. The summed E-state index contributed by atoms with van der Waals surface area (Å²) in [5.41, 5.74) is 0.562. The van der Waals surface area contributed by atoms with Gasteiger partial charge in [-0.1, -0.05) is 19.0 Å². The van der Waals surface area contributed by atoms with Gasteiger partial charge >= 0.3 is 0 Å². The molecule has 0 saturated carbocycles. The zero-order valence-corrected chi connectivity index (χ0v) is 6.42. The Labute approximate surface area is 60.7 Å². The quantitative estimate of drug-likeness (QED) is 0.369. The molecule has 0 unspecified atom stereocenters. The first kappa shape index (κ1) is 9.14. The van der Waals surface area contributed by atoms with E-state index in [1.807, 2.05) is 6.92 Å². The minimum Gasteiger partial charge on any atom is -0.411 e. The third-order valence-corrected chi connectivity index (χ3v) is 1.35. The predicted octanol–water partition coefficient (Wildman–Crippen LogP) is 1.60. The summed E-state index contributed by atoms with van der Waals surface area (Å²) in [5, 5.41) is 11.3. The largest absolute Gasteiger partial charge is 0.411 e. The van der Waals surface area contributed by atoms with E-state index in [9.17, 15) is 4.79 Å². The van der Waals surface area contributed by atoms with Gasteiger partial charge in [-0.2, -0.15) is 0 Å². The molecule has 0 aromatic carbocycles. The Hall–Kier alpha value is -0.860. The Morgan fingerprint density at radius 1 is 1.40 bits per heavy atom. The summed E-state index contributed by atoms with van der Waals surface area (Å²) in [5.74, 6) is 0.120. The molecule has 0 amide bonds. The maximum absolute atomic E-state index is 10.7. The molecule has 0 heterocycles. The zero-order chi connectivity index (χ0) is 7.98. The molecule has 0 aromatic rings. The summed E-state index contributed by atoms with van der Waals surface area (Å²) in [4.78, 5) is 10.7. The summed E-state index contributed by atoms with van der Waals surface area (Å²) in [6, 6.07) is 0. The number of ketones is 1. The summed E-state index contributed by atoms with van der Waals surface area (Å²) in [6.07, 6.45) is 1.45. The van der Waals surface area contributed by atoms with Gasteiger partial charge in [0.05, 0.1) is 5.71 Å². The lowest BCUT2D eigenvalue weighted by Crippen LogP contribution is -2.05. The van der Waals surface area contributed by atoms with Gasteiger partial charge in [0.1, 0.15) is 5.78 Å². The lowest BCUT2D eigenvalue weighted by Gasteiger charge is -1.96. The molecule has 10 heavy (non-hydrogen) atoms. The normalized spacial score (nSPS) is 11.6. The first-order valence-electron chi connectivity index (χ1n) is 3.46. The van der Waals surface area contributed by atoms with Crippen molar-refractivity contribution in [3.63, 3.8) is 0 Å². The highest BCUT2D eigenvalue weighted by atomic mass is 16.4. The van der Waals surface area contributed by atoms with Crippen molar-refractivity contribution < 1.29 is 10.0 Å². The average Bonchev–Trinajstić information content (AvgIpc) is 1.99. The predicted molar refractivity (Wildman–Crippen MR) is 39.4 cm³/mol. The van der Waals surface area contributed by atoms with E-state index in [0.717, 1.165) is 0 Å². The number of hydrogen-bond donors (Lipinski definition) is 1. The Balaban J connectivity index is 3.76. The molecule has 3 nitrogen and oxygen atoms in total. The van der Waals surface area contributed by atoms with Crippen LogP contribution in [0.25, 0.3) is 0 Å². The van der Waals surface area contributed by atoms with Gasteiger partial charge in [0, 0.05) is 12.8 Å². The lowest BCUT2D eigenvalue weighted by molar-refractivity contribution is -0.117. The van der Waals surface area contributed by atoms with E-state index in [4.69, 9.17) is 5.21 Å². The molecule has 0 saturated heterocycles. The first-order chi connectivity index (χ1) is 4.74. The minimum absolute atomic E-state index is 0.120. The highest BCUT2D eigenvalue weighted by molar-refractivity contribution is 6.01. The van der Waals surface area contributed by atoms with Crippen molar-refractivity contribution in [2.75, 3.05) is 0 Å². The van der Waals surface area contributed by atoms with Crippen LogP contribution in [0.2, 0.25) is 0 Å². The van der Waals surface area contributed by atoms with Crippen molar-refractivity contribution in [3.8, 4) is 0 Å². The number of Topliss-reactive ketones (excluding diaryl/α,β-unsaturated/α-hetero) is 1. The number of rotatable bonds is 4. The monoisotopic (exact) mass is 143 g/mol. The van der Waals surface area contributed by atoms with E-state index in [2.05, 4.69) is 5.16 Å². The Kier molecular flexibility index (Phi) is 4.54. The molecule has 0 spiro atoms. The van der Waals surface area contributed by atoms with E-state index in [1.165, 1.54) is 0 Å². The molecule has 0 aromatic heterocycles. The molecule has 0 radical (unpaired) electrons. The van der Waals surface area contributed by atoms with Gasteiger partial charge in [-0.25, -0.2) is 0 Å². The number of carbonyl (C=O) groups excluding carboxylic acids is 1. The molecule has 1 N–H and O–H groups in total. The van der Waals surface area contributed by atoms with Crippen molar-refractivity contribution in [1.82, 2.24) is 0 Å². The highest BCUT2D eigenvalue weighted by Gasteiger charge is 2.02. The second kappa shape index (κ2) is 4.97. The number of nitrogens with zero attached hydrogens (tertiary/aromatic N) is 1. The van der Waals surface area contributed by atoms with E-state index >= 15 is 0 Å². The molecule has 58 valence electrons. The van der Waals surface area contributed by atoms with E-state index < -0.39 is 0 Å². The standard InChI is InChI=1S/C7H13NO2/c1-3-6(8-10)5-7(9)4-2/h10H,3-5H2,1-2H3. The van der Waals surface area contributed by atoms with Gasteiger partial charge in [0.25, 0.3) is 0 Å². The van der Waals surface area contributed by atoms with E-state index in [1.54, 1.807) is 6.92 Å². The van der Waals surface area contributed by atoms with Crippen LogP contribution in [-0.2, 0) is 4.79 Å². The first-order valence-corrected chi connectivity index (χ1v) is 3.46. The molecule has 3 heteroatoms. The topological polar surface area (TPSA) is 49.7 Å². The van der Waals surface area contributed by atoms with Crippen LogP contribution in [0.5, 0.6) is 0 Å². The fraction of sp³-hybridized carbons (Fsp3) is 0.714. The van der Waals surface area contributed by atoms with E-state index in [0.29, 0.717) is 25.0 Å². The summed E-state index contributed by atoms with van der Waals surface area (Å²) in [7, 11) is 0. The Morgan fingerprint density at radius 2 is 2.00 bits per heavy atom. The molecule has 0 rings (SSSR count). The number of hydrogen-bond acceptors (Lipinski definition) is 3. The Morgan fingerprint density at radius 3 is 2.30 bits per heavy atom. The van der Waals surface area contributed by atoms with Crippen molar-refractivity contribution in [1.29, 1.82) is 0 Å². The second-order valence-electron chi connectivity index (χ2n) is 2.09. The van der Waals surface area contributed by atoms with Crippen LogP contribution in [0, 0.1) is 0 Å². The summed E-state index contributed by atoms with van der Waals surface area (Å²) >= 11 is 0. The highest BCUT2D eigenvalue weighted by Crippen LogP contribution is 1.95. The molecular weight excluding hydrogens is 130 g/mol. The smallest absolute Gasteiger partial charge is 0.138 e. The van der Waals surface area contributed by atoms with Gasteiger partial charge in [-0.05, 0) is 6.42 Å². The summed E-state index contributed by atoms with van der Waals surface area (Å²) in [6.45, 7) is 3.66. The van der Waals surface area contributed by atoms with Crippen molar-refractivity contribution in [2.24, 2.45) is 5.16 Å². The maximum Gasteiger partial charge on any atom is 0.138 e. The number of carbonyl (C=O) groups is 1. The van der Waals surface area contributed by atoms with Crippen LogP contribution in [0.3, 0.4) is 0 Å². The molecule has 0 aliphatic heterocycles. The van der Waals surface area contributed by atoms with Crippen molar-refractivity contribution in [3.05, 3.63) is 0 Å². The molecule has 0 aliphatic carbocycles. The SMILES string of the molecule is CCC(=O)CC(CC)=NO. The second-order valence-corrected chi connectivity index (χ2v) is 2.09. The van der Waals surface area contributed by atoms with Crippen LogP contribution in [0.4, 0.5) is 0 Å². The van der Waals surface area contributed by atoms with Gasteiger partial charge < -0.3 is 5.21 Å². The maximum atomic E-state index is 10.7. The molecule has 0 aliphatic rings. The third kappa shape index (κ3) is 3.22. The fourth-order valence-electron chi connectivity index (χ4n) is 0.584. The summed E-state index contributed by atoms with van der Waals surface area (Å²) < 4.78 is 0. The van der Waals surface area contributed by atoms with Crippen LogP contribution in [-0.4, -0.2) is 16.7 Å². The van der Waals surface area contributed by atoms with Gasteiger partial charge in [-0.15, -0.1) is 0 Å². The van der Waals surface area contributed by atoms with Crippen molar-refractivity contribution in [2.45, 2.75) is 33.1 Å². The molecule has 0 atom stereocenters.